The Balaban J connectivity index is 1.35. The summed E-state index contributed by atoms with van der Waals surface area (Å²) >= 11 is 0. The van der Waals surface area contributed by atoms with Crippen LogP contribution in [0.2, 0.25) is 0 Å². The maximum Gasteiger partial charge on any atom is 0.407 e. The minimum absolute atomic E-state index is 0.0393. The predicted molar refractivity (Wildman–Crippen MR) is 149 cm³/mol. The molecule has 2 saturated heterocycles. The number of nitrogens with zero attached hydrogens (tertiary/aromatic N) is 4. The van der Waals surface area contributed by atoms with Gasteiger partial charge >= 0.3 is 6.09 Å². The van der Waals surface area contributed by atoms with Gasteiger partial charge in [-0.1, -0.05) is 20.8 Å². The number of aromatic nitrogens is 1. The molecule has 12 nitrogen and oxygen atoms in total. The molecule has 2 N–H and O–H groups in total. The summed E-state index contributed by atoms with van der Waals surface area (Å²) in [6, 6.07) is 2.39. The van der Waals surface area contributed by atoms with Crippen molar-refractivity contribution in [2.24, 2.45) is 29.1 Å². The third kappa shape index (κ3) is 4.48. The minimum atomic E-state index is -1.52. The van der Waals surface area contributed by atoms with Crippen LogP contribution < -0.4 is 15.4 Å². The molecule has 0 radical (unpaired) electrons. The van der Waals surface area contributed by atoms with E-state index in [2.05, 4.69) is 21.7 Å². The van der Waals surface area contributed by atoms with Crippen LogP contribution in [-0.4, -0.2) is 88.7 Å². The standard InChI is InChI=1S/C30H37FN6O6/c1-5-29(2,3)23(34-28(41)42-4)26(39)36-13-18-15-9-17(19(31)10-15)21(18)22(36)25(38)37-14-30(11-16(37)12-32)27(40)35-24-20(43-30)7-6-8-33-24/h6-8,15-19,21-23H,5,9-11,13-14H2,1-4H3,(H,34,41)(H,33,35,40)/t15-,16-,17+,18+,19+,21-,22-,23+,30+/m0/s1. The average molecular weight is 597 g/mol. The van der Waals surface area contributed by atoms with Crippen LogP contribution in [0.1, 0.15) is 46.5 Å². The third-order valence-corrected chi connectivity index (χ3v) is 10.7. The maximum atomic E-state index is 15.2. The Hall–Kier alpha value is -3.95. The van der Waals surface area contributed by atoms with Gasteiger partial charge in [0.05, 0.1) is 19.7 Å². The number of carbonyl (C=O) groups is 4. The molecule has 13 heteroatoms. The zero-order valence-electron chi connectivity index (χ0n) is 24.7. The summed E-state index contributed by atoms with van der Waals surface area (Å²) in [4.78, 5) is 61.5. The fraction of sp³-hybridized carbons (Fsp3) is 0.667. The lowest BCUT2D eigenvalue weighted by atomic mass is 9.77. The number of halogens is 1. The quantitative estimate of drug-likeness (QED) is 0.525. The van der Waals surface area contributed by atoms with Crippen molar-refractivity contribution in [1.82, 2.24) is 20.1 Å². The van der Waals surface area contributed by atoms with Crippen molar-refractivity contribution in [3.05, 3.63) is 18.3 Å². The lowest BCUT2D eigenvalue weighted by Gasteiger charge is -2.39. The molecule has 1 spiro atoms. The van der Waals surface area contributed by atoms with E-state index < -0.39 is 71.0 Å². The molecule has 3 aliphatic heterocycles. The number of fused-ring (bicyclic) bond motifs is 6. The van der Waals surface area contributed by atoms with Crippen LogP contribution in [0, 0.1) is 40.4 Å². The normalized spacial score (nSPS) is 34.6. The number of alkyl halides is 1. The Labute approximate surface area is 249 Å². The Morgan fingerprint density at radius 1 is 1.33 bits per heavy atom. The molecule has 2 aliphatic carbocycles. The molecule has 6 rings (SSSR count). The summed E-state index contributed by atoms with van der Waals surface area (Å²) in [7, 11) is 1.21. The van der Waals surface area contributed by atoms with E-state index in [0.717, 1.165) is 0 Å². The van der Waals surface area contributed by atoms with Crippen LogP contribution >= 0.6 is 0 Å². The van der Waals surface area contributed by atoms with E-state index in [1.54, 1.807) is 12.1 Å². The van der Waals surface area contributed by atoms with Gasteiger partial charge in [0.15, 0.2) is 11.6 Å². The van der Waals surface area contributed by atoms with E-state index >= 15 is 4.39 Å². The van der Waals surface area contributed by atoms with E-state index in [1.807, 2.05) is 20.8 Å². The molecule has 4 amide bonds. The number of hydrogen-bond donors (Lipinski definition) is 2. The van der Waals surface area contributed by atoms with Crippen molar-refractivity contribution in [3.63, 3.8) is 0 Å². The number of likely N-dealkylation sites (tertiary alicyclic amines) is 2. The fourth-order valence-corrected chi connectivity index (χ4v) is 8.06. The predicted octanol–water partition coefficient (Wildman–Crippen LogP) is 2.26. The van der Waals surface area contributed by atoms with Gasteiger partial charge in [0.1, 0.15) is 24.3 Å². The molecule has 5 aliphatic rings. The summed E-state index contributed by atoms with van der Waals surface area (Å²) in [5.41, 5.74) is -2.21. The summed E-state index contributed by atoms with van der Waals surface area (Å²) in [6.45, 7) is 5.64. The van der Waals surface area contributed by atoms with Crippen LogP contribution in [-0.2, 0) is 19.1 Å². The SMILES string of the molecule is CCC(C)(C)[C@H](NC(=O)OC)C(=O)N1C[C@@H]2[C@H]3C[C@@H]([C@@H]2[C@H]1C(=O)N1C[C@@]2(C[C@H]1C#N)Oc1cccnc1NC2=O)[C@H](F)C3. The average Bonchev–Trinajstić information content (AvgIpc) is 3.75. The maximum absolute atomic E-state index is 15.2. The first kappa shape index (κ1) is 29.1. The van der Waals surface area contributed by atoms with E-state index in [-0.39, 0.29) is 37.2 Å². The van der Waals surface area contributed by atoms with Gasteiger partial charge in [-0.25, -0.2) is 14.2 Å². The molecule has 2 saturated carbocycles. The lowest BCUT2D eigenvalue weighted by Crippen LogP contribution is -2.60. The molecule has 4 fully saturated rings. The van der Waals surface area contributed by atoms with Crippen molar-refractivity contribution < 1.29 is 33.0 Å². The van der Waals surface area contributed by atoms with Crippen LogP contribution in [0.3, 0.4) is 0 Å². The van der Waals surface area contributed by atoms with Gasteiger partial charge in [0.25, 0.3) is 5.91 Å². The molecular formula is C30H37FN6O6. The van der Waals surface area contributed by atoms with E-state index in [4.69, 9.17) is 9.47 Å². The zero-order chi connectivity index (χ0) is 30.8. The van der Waals surface area contributed by atoms with Crippen molar-refractivity contribution in [2.45, 2.75) is 76.4 Å². The third-order valence-electron chi connectivity index (χ3n) is 10.7. The number of rotatable bonds is 5. The van der Waals surface area contributed by atoms with Gasteiger partial charge in [0, 0.05) is 19.2 Å². The molecule has 1 aromatic heterocycles. The second-order valence-electron chi connectivity index (χ2n) is 13.2. The fourth-order valence-electron chi connectivity index (χ4n) is 8.06. The van der Waals surface area contributed by atoms with Gasteiger partial charge in [-0.05, 0) is 60.5 Å². The molecule has 2 bridgehead atoms. The molecule has 0 aromatic carbocycles. The van der Waals surface area contributed by atoms with Gasteiger partial charge in [0.2, 0.25) is 17.4 Å². The molecule has 43 heavy (non-hydrogen) atoms. The number of pyridine rings is 1. The highest BCUT2D eigenvalue weighted by molar-refractivity contribution is 6.01. The first-order valence-corrected chi connectivity index (χ1v) is 14.9. The second kappa shape index (κ2) is 10.3. The van der Waals surface area contributed by atoms with Crippen molar-refractivity contribution >= 4 is 29.6 Å². The van der Waals surface area contributed by atoms with Crippen LogP contribution in [0.25, 0.3) is 0 Å². The number of nitrogens with one attached hydrogen (secondary N) is 2. The van der Waals surface area contributed by atoms with E-state index in [1.165, 1.54) is 23.1 Å². The molecule has 9 atom stereocenters. The van der Waals surface area contributed by atoms with Gasteiger partial charge in [-0.3, -0.25) is 14.4 Å². The number of ether oxygens (including phenoxy) is 2. The molecule has 0 unspecified atom stereocenters. The highest BCUT2D eigenvalue weighted by Crippen LogP contribution is 2.59. The molecule has 1 aromatic rings. The van der Waals surface area contributed by atoms with Crippen LogP contribution in [0.15, 0.2) is 18.3 Å². The van der Waals surface area contributed by atoms with Gasteiger partial charge < -0.3 is 29.9 Å². The smallest absolute Gasteiger partial charge is 0.407 e. The number of anilines is 1. The summed E-state index contributed by atoms with van der Waals surface area (Å²) < 4.78 is 26.1. The van der Waals surface area contributed by atoms with Crippen LogP contribution in [0.4, 0.5) is 15.0 Å². The van der Waals surface area contributed by atoms with Crippen LogP contribution in [0.5, 0.6) is 5.75 Å². The molecular weight excluding hydrogens is 559 g/mol. The number of hydrogen-bond acceptors (Lipinski definition) is 8. The zero-order valence-corrected chi connectivity index (χ0v) is 24.7. The number of methoxy groups -OCH3 is 1. The van der Waals surface area contributed by atoms with Gasteiger partial charge in [-0.15, -0.1) is 0 Å². The first-order valence-electron chi connectivity index (χ1n) is 14.9. The van der Waals surface area contributed by atoms with Gasteiger partial charge in [-0.2, -0.15) is 5.26 Å². The van der Waals surface area contributed by atoms with E-state index in [0.29, 0.717) is 25.0 Å². The highest BCUT2D eigenvalue weighted by Gasteiger charge is 2.65. The van der Waals surface area contributed by atoms with Crippen molar-refractivity contribution in [2.75, 3.05) is 25.5 Å². The number of alkyl carbamates (subject to hydrolysis) is 1. The number of carbonyl (C=O) groups excluding carboxylic acids is 4. The van der Waals surface area contributed by atoms with Crippen molar-refractivity contribution in [3.8, 4) is 11.8 Å². The summed E-state index contributed by atoms with van der Waals surface area (Å²) in [5.74, 6) is -1.75. The summed E-state index contributed by atoms with van der Waals surface area (Å²) in [5, 5.41) is 15.5. The molecule has 230 valence electrons. The molecule has 4 heterocycles. The highest BCUT2D eigenvalue weighted by atomic mass is 19.1. The minimum Gasteiger partial charge on any atom is -0.472 e. The van der Waals surface area contributed by atoms with Crippen molar-refractivity contribution in [1.29, 1.82) is 5.26 Å². The van der Waals surface area contributed by atoms with E-state index in [9.17, 15) is 24.4 Å². The largest absolute Gasteiger partial charge is 0.472 e. The monoisotopic (exact) mass is 596 g/mol. The topological polar surface area (TPSA) is 154 Å². The Morgan fingerprint density at radius 2 is 2.09 bits per heavy atom. The number of nitriles is 1. The lowest BCUT2D eigenvalue weighted by molar-refractivity contribution is -0.149. The summed E-state index contributed by atoms with van der Waals surface area (Å²) in [6.07, 6.45) is 1.17. The second-order valence-corrected chi connectivity index (χ2v) is 13.2. The number of amides is 4. The Morgan fingerprint density at radius 3 is 2.79 bits per heavy atom. The Kier molecular flexibility index (Phi) is 7.01. The Bertz CT molecular complexity index is 1400. The first-order chi connectivity index (χ1) is 20.4.